The number of carbonyl (C=O) groups excluding carboxylic acids is 2. The topological polar surface area (TPSA) is 224 Å². The summed E-state index contributed by atoms with van der Waals surface area (Å²) < 4.78 is 76.7. The van der Waals surface area contributed by atoms with Crippen LogP contribution in [0.2, 0.25) is 0 Å². The number of halogens is 2. The molecule has 0 amide bonds. The Hall–Kier alpha value is -6.19. The van der Waals surface area contributed by atoms with Crippen molar-refractivity contribution in [2.75, 3.05) is 55.8 Å². The number of phosphoric acid groups is 1. The van der Waals surface area contributed by atoms with Gasteiger partial charge in [0.2, 0.25) is 6.29 Å². The maximum Gasteiger partial charge on any atom is 0.511 e. The number of hydrogen-bond donors (Lipinski definition) is 2. The van der Waals surface area contributed by atoms with Crippen LogP contribution in [-0.2, 0) is 45.0 Å². The molecule has 73 heavy (non-hydrogen) atoms. The Balaban J connectivity index is 0.814. The van der Waals surface area contributed by atoms with Gasteiger partial charge in [-0.3, -0.25) is 9.32 Å². The molecule has 2 fully saturated rings. The number of aromatic nitrogens is 6. The molecule has 2 unspecified atom stereocenters. The van der Waals surface area contributed by atoms with Gasteiger partial charge in [-0.15, -0.1) is 0 Å². The number of piperazine rings is 1. The summed E-state index contributed by atoms with van der Waals surface area (Å²) in [6.45, 7) is 8.94. The summed E-state index contributed by atoms with van der Waals surface area (Å²) in [7, 11) is -4.42. The molecular formula is C50H65F2N8O12P. The van der Waals surface area contributed by atoms with Gasteiger partial charge in [0.25, 0.3) is 0 Å². The van der Waals surface area contributed by atoms with Crippen LogP contribution in [0.15, 0.2) is 90.5 Å². The molecule has 0 saturated carbocycles. The van der Waals surface area contributed by atoms with Crippen LogP contribution < -0.4 is 20.2 Å². The highest BCUT2D eigenvalue weighted by Crippen LogP contribution is 2.42. The number of phosphoric ester groups is 1. The zero-order valence-corrected chi connectivity index (χ0v) is 42.3. The minimum Gasteiger partial charge on any atom is -0.493 e. The molecule has 4 heterocycles. The van der Waals surface area contributed by atoms with Gasteiger partial charge in [0.1, 0.15) is 48.1 Å². The molecule has 3 aromatic carbocycles. The summed E-state index contributed by atoms with van der Waals surface area (Å²) in [5.41, 5.74) is 1.52. The van der Waals surface area contributed by atoms with E-state index in [0.717, 1.165) is 75.7 Å². The number of nitrogens with zero attached hydrogens (tertiary/aromatic N) is 8. The first-order valence-corrected chi connectivity index (χ1v) is 26.3. The van der Waals surface area contributed by atoms with E-state index in [9.17, 15) is 23.3 Å². The van der Waals surface area contributed by atoms with E-state index in [0.29, 0.717) is 50.3 Å². The summed E-state index contributed by atoms with van der Waals surface area (Å²) in [5.74, 6) is -1.19. The predicted octanol–water partition coefficient (Wildman–Crippen LogP) is 7.85. The Bertz CT molecular complexity index is 2640. The standard InChI is InChI=1S/C50H65F2N8O12P/c1-4-46(36(2)70-49(63)72-37(3)71-47(61)12-10-8-6-5-7-9-11-27-69-73(64,65)66)60-48(62)59(35-55-60)42-16-14-40(15-17-42)56-23-25-57(26-24-56)41-18-20-43(21-19-41)67-30-38-29-50(68-31-38,32-58-34-53-33-54-58)44-22-13-39(51)28-45(44)52/h13-22,28,33-38,46H,4-12,23-27,29-32H2,1-3H3,(H2,64,65,66)/t36?,37?,38-,46+,50+/m1/s1. The van der Waals surface area contributed by atoms with Crippen LogP contribution in [-0.4, -0.2) is 109 Å². The SMILES string of the molecule is CC[C@@H](C(C)OC(=O)OC(C)OC(=O)CCCCCCCCCOP(=O)(O)O)n1ncn(-c2ccc(N3CCN(c4ccc(OC[C@@H]5CO[C@@](Cn6cncn6)(c6ccc(F)cc6F)C5)cc4)CC3)cc2)c1=O. The third-order valence-corrected chi connectivity index (χ3v) is 13.6. The van der Waals surface area contributed by atoms with E-state index in [2.05, 4.69) is 29.5 Å². The Kier molecular flexibility index (Phi) is 19.2. The number of esters is 1. The molecular weight excluding hydrogens is 974 g/mol. The van der Waals surface area contributed by atoms with E-state index >= 15 is 4.39 Å². The Morgan fingerprint density at radius 2 is 1.48 bits per heavy atom. The van der Waals surface area contributed by atoms with Crippen molar-refractivity contribution in [1.82, 2.24) is 29.1 Å². The van der Waals surface area contributed by atoms with Crippen molar-refractivity contribution in [1.29, 1.82) is 0 Å². The third kappa shape index (κ3) is 15.4. The van der Waals surface area contributed by atoms with Crippen LogP contribution >= 0.6 is 7.82 Å². The fraction of sp³-hybridized carbons (Fsp3) is 0.520. The van der Waals surface area contributed by atoms with Crippen molar-refractivity contribution >= 4 is 31.3 Å². The lowest BCUT2D eigenvalue weighted by molar-refractivity contribution is -0.169. The number of benzene rings is 3. The summed E-state index contributed by atoms with van der Waals surface area (Å²) >= 11 is 0. The van der Waals surface area contributed by atoms with E-state index < -0.39 is 61.3 Å². The molecule has 20 nitrogen and oxygen atoms in total. The van der Waals surface area contributed by atoms with Crippen LogP contribution in [0.3, 0.4) is 0 Å². The molecule has 2 saturated heterocycles. The number of carbonyl (C=O) groups is 2. The zero-order valence-electron chi connectivity index (χ0n) is 41.4. The third-order valence-electron chi connectivity index (χ3n) is 13.1. The van der Waals surface area contributed by atoms with Crippen molar-refractivity contribution in [2.24, 2.45) is 5.92 Å². The Morgan fingerprint density at radius 3 is 2.11 bits per heavy atom. The highest BCUT2D eigenvalue weighted by atomic mass is 31.2. The number of unbranched alkanes of at least 4 members (excludes halogenated alkanes) is 6. The second kappa shape index (κ2) is 25.7. The van der Waals surface area contributed by atoms with Gasteiger partial charge in [-0.2, -0.15) is 10.2 Å². The molecule has 2 aromatic heterocycles. The highest BCUT2D eigenvalue weighted by Gasteiger charge is 2.45. The molecule has 0 radical (unpaired) electrons. The molecule has 7 rings (SSSR count). The quantitative estimate of drug-likeness (QED) is 0.0233. The fourth-order valence-corrected chi connectivity index (χ4v) is 9.69. The maximum absolute atomic E-state index is 15.1. The number of hydrogen-bond acceptors (Lipinski definition) is 15. The van der Waals surface area contributed by atoms with Gasteiger partial charge in [0.15, 0.2) is 0 Å². The first kappa shape index (κ1) is 54.6. The molecule has 0 bridgehead atoms. The number of rotatable bonds is 26. The monoisotopic (exact) mass is 1040 g/mol. The zero-order chi connectivity index (χ0) is 52.0. The van der Waals surface area contributed by atoms with E-state index in [4.69, 9.17) is 33.5 Å². The second-order valence-corrected chi connectivity index (χ2v) is 19.6. The molecule has 2 aliphatic heterocycles. The van der Waals surface area contributed by atoms with Crippen molar-refractivity contribution in [3.05, 3.63) is 113 Å². The summed E-state index contributed by atoms with van der Waals surface area (Å²) in [6, 6.07) is 18.6. The molecule has 396 valence electrons. The van der Waals surface area contributed by atoms with Crippen LogP contribution in [0.25, 0.3) is 5.69 Å². The van der Waals surface area contributed by atoms with E-state index in [1.165, 1.54) is 41.0 Å². The fourth-order valence-electron chi connectivity index (χ4n) is 9.33. The van der Waals surface area contributed by atoms with E-state index in [1.54, 1.807) is 17.9 Å². The van der Waals surface area contributed by atoms with Gasteiger partial charge in [-0.1, -0.05) is 45.1 Å². The number of ether oxygens (including phenoxy) is 5. The van der Waals surface area contributed by atoms with Gasteiger partial charge in [-0.05, 0) is 87.2 Å². The first-order valence-electron chi connectivity index (χ1n) is 24.8. The van der Waals surface area contributed by atoms with Crippen LogP contribution in [0.1, 0.15) is 96.6 Å². The highest BCUT2D eigenvalue weighted by molar-refractivity contribution is 7.46. The van der Waals surface area contributed by atoms with Crippen LogP contribution in [0.5, 0.6) is 5.75 Å². The summed E-state index contributed by atoms with van der Waals surface area (Å²) in [6.07, 6.45) is 7.77. The molecule has 2 aliphatic rings. The smallest absolute Gasteiger partial charge is 0.493 e. The van der Waals surface area contributed by atoms with Gasteiger partial charge in [0, 0.05) is 68.4 Å². The van der Waals surface area contributed by atoms with Crippen molar-refractivity contribution < 1.29 is 60.9 Å². The van der Waals surface area contributed by atoms with Gasteiger partial charge in [0.05, 0.1) is 38.1 Å². The molecule has 5 atom stereocenters. The summed E-state index contributed by atoms with van der Waals surface area (Å²) in [5, 5.41) is 8.55. The first-order chi connectivity index (χ1) is 35.1. The lowest BCUT2D eigenvalue weighted by atomic mass is 9.87. The maximum atomic E-state index is 15.1. The van der Waals surface area contributed by atoms with Gasteiger partial charge >= 0.3 is 25.6 Å². The van der Waals surface area contributed by atoms with Crippen LogP contribution in [0.4, 0.5) is 25.0 Å². The minimum atomic E-state index is -4.42. The van der Waals surface area contributed by atoms with E-state index in [1.807, 2.05) is 55.5 Å². The van der Waals surface area contributed by atoms with Gasteiger partial charge in [-0.25, -0.2) is 41.8 Å². The molecule has 0 aliphatic carbocycles. The molecule has 0 spiro atoms. The molecule has 2 N–H and O–H groups in total. The van der Waals surface area contributed by atoms with Crippen molar-refractivity contribution in [3.63, 3.8) is 0 Å². The normalized spacial score (nSPS) is 18.3. The minimum absolute atomic E-state index is 0.0118. The summed E-state index contributed by atoms with van der Waals surface area (Å²) in [4.78, 5) is 64.7. The second-order valence-electron chi connectivity index (χ2n) is 18.4. The van der Waals surface area contributed by atoms with Crippen molar-refractivity contribution in [2.45, 2.75) is 116 Å². The average Bonchev–Trinajstić information content (AvgIpc) is 4.12. The number of anilines is 2. The lowest BCUT2D eigenvalue weighted by Gasteiger charge is -2.37. The van der Waals surface area contributed by atoms with Gasteiger partial charge < -0.3 is 43.3 Å². The van der Waals surface area contributed by atoms with Crippen molar-refractivity contribution in [3.8, 4) is 11.4 Å². The Morgan fingerprint density at radius 1 is 0.836 bits per heavy atom. The lowest BCUT2D eigenvalue weighted by Crippen LogP contribution is -2.46. The Labute approximate surface area is 422 Å². The van der Waals surface area contributed by atoms with E-state index in [-0.39, 0.29) is 31.1 Å². The molecule has 5 aromatic rings. The largest absolute Gasteiger partial charge is 0.511 e. The molecule has 23 heteroatoms. The average molecular weight is 1040 g/mol. The predicted molar refractivity (Wildman–Crippen MR) is 263 cm³/mol. The van der Waals surface area contributed by atoms with Crippen LogP contribution in [0, 0.1) is 17.6 Å².